The van der Waals surface area contributed by atoms with Gasteiger partial charge in [-0.2, -0.15) is 0 Å². The summed E-state index contributed by atoms with van der Waals surface area (Å²) >= 11 is 7.18. The highest BCUT2D eigenvalue weighted by Crippen LogP contribution is 2.25. The maximum atomic E-state index is 11.7. The maximum absolute atomic E-state index is 11.7. The molecule has 128 valence electrons. The molecule has 0 bridgehead atoms. The highest BCUT2D eigenvalue weighted by molar-refractivity contribution is 7.80. The fourth-order valence-electron chi connectivity index (χ4n) is 2.63. The van der Waals surface area contributed by atoms with Crippen LogP contribution in [0.15, 0.2) is 18.2 Å². The molecule has 1 aromatic heterocycles. The Labute approximate surface area is 150 Å². The lowest BCUT2D eigenvalue weighted by Crippen LogP contribution is -2.51. The number of thiocarbonyl (C=S) groups is 1. The van der Waals surface area contributed by atoms with Crippen LogP contribution in [0.25, 0.3) is 10.2 Å². The fraction of sp³-hybridized carbons (Fsp3) is 0.438. The molecule has 0 radical (unpaired) electrons. The highest BCUT2D eigenvalue weighted by atomic mass is 32.1. The van der Waals surface area contributed by atoms with Gasteiger partial charge in [-0.05, 0) is 44.3 Å². The molecule has 0 atom stereocenters. The van der Waals surface area contributed by atoms with Crippen molar-refractivity contribution in [1.82, 2.24) is 14.8 Å². The number of amides is 1. The van der Waals surface area contributed by atoms with Crippen LogP contribution in [-0.2, 0) is 4.74 Å². The summed E-state index contributed by atoms with van der Waals surface area (Å²) in [5.41, 5.74) is 1.97. The van der Waals surface area contributed by atoms with Crippen LogP contribution in [-0.4, -0.2) is 58.8 Å². The molecule has 2 aromatic rings. The first-order valence-corrected chi connectivity index (χ1v) is 9.14. The summed E-state index contributed by atoms with van der Waals surface area (Å²) < 4.78 is 6.18. The number of aryl methyl sites for hydroxylation is 1. The number of nitrogens with zero attached hydrogens (tertiary/aromatic N) is 3. The summed E-state index contributed by atoms with van der Waals surface area (Å²) in [5, 5.41) is 5.02. The summed E-state index contributed by atoms with van der Waals surface area (Å²) in [4.78, 5) is 20.0. The second-order valence-electron chi connectivity index (χ2n) is 5.52. The first kappa shape index (κ1) is 16.9. The van der Waals surface area contributed by atoms with Crippen LogP contribution >= 0.6 is 23.6 Å². The molecular formula is C16H20N4O2S2. The van der Waals surface area contributed by atoms with Crippen LogP contribution < -0.4 is 5.32 Å². The number of rotatable bonds is 2. The number of anilines is 1. The molecule has 1 aromatic carbocycles. The van der Waals surface area contributed by atoms with Gasteiger partial charge in [0, 0.05) is 31.9 Å². The predicted molar refractivity (Wildman–Crippen MR) is 101 cm³/mol. The fourth-order valence-corrected chi connectivity index (χ4v) is 3.79. The minimum absolute atomic E-state index is 0.248. The quantitative estimate of drug-likeness (QED) is 0.827. The Morgan fingerprint density at radius 1 is 1.33 bits per heavy atom. The minimum Gasteiger partial charge on any atom is -0.450 e. The number of carbonyl (C=O) groups is 1. The third-order valence-electron chi connectivity index (χ3n) is 3.84. The molecule has 0 saturated carbocycles. The van der Waals surface area contributed by atoms with E-state index in [-0.39, 0.29) is 6.09 Å². The van der Waals surface area contributed by atoms with Crippen molar-refractivity contribution in [2.45, 2.75) is 13.8 Å². The van der Waals surface area contributed by atoms with Crippen molar-refractivity contribution in [3.05, 3.63) is 23.2 Å². The van der Waals surface area contributed by atoms with E-state index in [9.17, 15) is 4.79 Å². The van der Waals surface area contributed by atoms with Crippen molar-refractivity contribution in [3.63, 3.8) is 0 Å². The van der Waals surface area contributed by atoms with Gasteiger partial charge in [-0.1, -0.05) is 0 Å². The summed E-state index contributed by atoms with van der Waals surface area (Å²) in [6.45, 7) is 6.86. The van der Waals surface area contributed by atoms with Crippen molar-refractivity contribution in [2.75, 3.05) is 38.1 Å². The van der Waals surface area contributed by atoms with Gasteiger partial charge in [0.05, 0.1) is 21.8 Å². The standard InChI is InChI=1S/C16H20N4O2S2/c1-3-22-16(21)20-8-6-19(7-9-20)15(23)18-12-4-5-13-14(10-12)24-11(2)17-13/h4-5,10H,3,6-9H2,1-2H3,(H,18,23). The van der Waals surface area contributed by atoms with Crippen LogP contribution in [0.1, 0.15) is 11.9 Å². The van der Waals surface area contributed by atoms with Crippen molar-refractivity contribution in [1.29, 1.82) is 0 Å². The molecule has 1 amide bonds. The van der Waals surface area contributed by atoms with Gasteiger partial charge in [-0.25, -0.2) is 9.78 Å². The van der Waals surface area contributed by atoms with Crippen molar-refractivity contribution in [3.8, 4) is 0 Å². The van der Waals surface area contributed by atoms with Crippen LogP contribution in [0.2, 0.25) is 0 Å². The average Bonchev–Trinajstić information content (AvgIpc) is 2.94. The zero-order valence-corrected chi connectivity index (χ0v) is 15.4. The number of hydrogen-bond acceptors (Lipinski definition) is 5. The molecule has 6 nitrogen and oxygen atoms in total. The lowest BCUT2D eigenvalue weighted by Gasteiger charge is -2.35. The Hall–Kier alpha value is -1.93. The van der Waals surface area contributed by atoms with E-state index in [4.69, 9.17) is 17.0 Å². The molecule has 0 spiro atoms. The maximum Gasteiger partial charge on any atom is 0.409 e. The molecule has 24 heavy (non-hydrogen) atoms. The Morgan fingerprint density at radius 2 is 2.04 bits per heavy atom. The van der Waals surface area contributed by atoms with E-state index in [1.54, 1.807) is 16.2 Å². The number of ether oxygens (including phenoxy) is 1. The molecule has 1 fully saturated rings. The van der Waals surface area contributed by atoms with Gasteiger partial charge in [0.1, 0.15) is 0 Å². The van der Waals surface area contributed by atoms with Gasteiger partial charge in [-0.15, -0.1) is 11.3 Å². The smallest absolute Gasteiger partial charge is 0.409 e. The molecule has 2 heterocycles. The van der Waals surface area contributed by atoms with Gasteiger partial charge in [0.25, 0.3) is 0 Å². The number of carbonyl (C=O) groups excluding carboxylic acids is 1. The largest absolute Gasteiger partial charge is 0.450 e. The molecule has 8 heteroatoms. The van der Waals surface area contributed by atoms with Gasteiger partial charge in [-0.3, -0.25) is 0 Å². The number of piperazine rings is 1. The summed E-state index contributed by atoms with van der Waals surface area (Å²) in [6, 6.07) is 6.06. The molecule has 1 saturated heterocycles. The molecule has 3 rings (SSSR count). The number of thiazole rings is 1. The molecule has 1 aliphatic heterocycles. The van der Waals surface area contributed by atoms with Crippen molar-refractivity contribution >= 4 is 50.7 Å². The van der Waals surface area contributed by atoms with Crippen LogP contribution in [0, 0.1) is 6.92 Å². The van der Waals surface area contributed by atoms with E-state index in [1.807, 2.05) is 26.0 Å². The van der Waals surface area contributed by atoms with Crippen molar-refractivity contribution in [2.24, 2.45) is 0 Å². The number of benzene rings is 1. The Kier molecular flexibility index (Phi) is 5.15. The minimum atomic E-state index is -0.248. The van der Waals surface area contributed by atoms with E-state index >= 15 is 0 Å². The first-order valence-electron chi connectivity index (χ1n) is 7.91. The van der Waals surface area contributed by atoms with E-state index in [1.165, 1.54) is 0 Å². The van der Waals surface area contributed by atoms with E-state index < -0.39 is 0 Å². The monoisotopic (exact) mass is 364 g/mol. The molecule has 1 N–H and O–H groups in total. The zero-order valence-electron chi connectivity index (χ0n) is 13.7. The Balaban J connectivity index is 1.58. The summed E-state index contributed by atoms with van der Waals surface area (Å²) in [6.07, 6.45) is -0.248. The summed E-state index contributed by atoms with van der Waals surface area (Å²) in [5.74, 6) is 0. The highest BCUT2D eigenvalue weighted by Gasteiger charge is 2.23. The SMILES string of the molecule is CCOC(=O)N1CCN(C(=S)Nc2ccc3nc(C)sc3c2)CC1. The second kappa shape index (κ2) is 7.31. The first-order chi connectivity index (χ1) is 11.6. The zero-order chi connectivity index (χ0) is 17.1. The Morgan fingerprint density at radius 3 is 2.75 bits per heavy atom. The third kappa shape index (κ3) is 3.76. The van der Waals surface area contributed by atoms with Crippen LogP contribution in [0.4, 0.5) is 10.5 Å². The van der Waals surface area contributed by atoms with E-state index in [2.05, 4.69) is 21.3 Å². The normalized spacial score (nSPS) is 14.8. The number of hydrogen-bond donors (Lipinski definition) is 1. The second-order valence-corrected chi connectivity index (χ2v) is 7.14. The number of nitrogens with one attached hydrogen (secondary N) is 1. The molecule has 0 unspecified atom stereocenters. The van der Waals surface area contributed by atoms with Crippen LogP contribution in [0.3, 0.4) is 0 Å². The Bertz CT molecular complexity index is 754. The predicted octanol–water partition coefficient (Wildman–Crippen LogP) is 3.08. The van der Waals surface area contributed by atoms with Crippen LogP contribution in [0.5, 0.6) is 0 Å². The van der Waals surface area contributed by atoms with Gasteiger partial charge in [0.15, 0.2) is 5.11 Å². The molecule has 0 aliphatic carbocycles. The molecule has 1 aliphatic rings. The lowest BCUT2D eigenvalue weighted by atomic mass is 10.3. The average molecular weight is 364 g/mol. The number of fused-ring (bicyclic) bond motifs is 1. The molecular weight excluding hydrogens is 344 g/mol. The van der Waals surface area contributed by atoms with Gasteiger partial charge < -0.3 is 19.9 Å². The van der Waals surface area contributed by atoms with Crippen molar-refractivity contribution < 1.29 is 9.53 Å². The lowest BCUT2D eigenvalue weighted by molar-refractivity contribution is 0.0923. The number of aromatic nitrogens is 1. The summed E-state index contributed by atoms with van der Waals surface area (Å²) in [7, 11) is 0. The van der Waals surface area contributed by atoms with E-state index in [0.717, 1.165) is 20.9 Å². The third-order valence-corrected chi connectivity index (χ3v) is 5.13. The van der Waals surface area contributed by atoms with Gasteiger partial charge in [0.2, 0.25) is 0 Å². The van der Waals surface area contributed by atoms with Gasteiger partial charge >= 0.3 is 6.09 Å². The topological polar surface area (TPSA) is 57.7 Å². The van der Waals surface area contributed by atoms with E-state index in [0.29, 0.717) is 37.9 Å².